The van der Waals surface area contributed by atoms with Crippen molar-refractivity contribution in [2.75, 3.05) is 30.8 Å². The fraction of sp³-hybridized carbons (Fsp3) is 0.158. The summed E-state index contributed by atoms with van der Waals surface area (Å²) in [5, 5.41) is 13.6. The number of likely N-dealkylation sites (N-methyl/N-ethyl adjacent to an activating group) is 1. The van der Waals surface area contributed by atoms with Gasteiger partial charge < -0.3 is 20.8 Å². The van der Waals surface area contributed by atoms with Gasteiger partial charge in [0.2, 0.25) is 0 Å². The maximum absolute atomic E-state index is 12.6. The highest BCUT2D eigenvalue weighted by Crippen LogP contribution is 2.38. The maximum atomic E-state index is 12.6. The van der Waals surface area contributed by atoms with E-state index in [1.165, 1.54) is 0 Å². The van der Waals surface area contributed by atoms with Gasteiger partial charge in [-0.15, -0.1) is 0 Å². The summed E-state index contributed by atoms with van der Waals surface area (Å²) in [6.45, 7) is 1.15. The molecule has 0 unspecified atom stereocenters. The first-order valence-electron chi connectivity index (χ1n) is 8.16. The summed E-state index contributed by atoms with van der Waals surface area (Å²) in [5.74, 6) is -0.139. The molecule has 25 heavy (non-hydrogen) atoms. The summed E-state index contributed by atoms with van der Waals surface area (Å²) in [4.78, 5) is 18.0. The fourth-order valence-electron chi connectivity index (χ4n) is 3.03. The summed E-state index contributed by atoms with van der Waals surface area (Å²) < 4.78 is 0. The minimum absolute atomic E-state index is 0.139. The average molecular weight is 334 g/mol. The van der Waals surface area contributed by atoms with Crippen molar-refractivity contribution in [3.8, 4) is 0 Å². The van der Waals surface area contributed by atoms with E-state index >= 15 is 0 Å². The number of amides is 1. The van der Waals surface area contributed by atoms with Gasteiger partial charge in [-0.3, -0.25) is 4.79 Å². The molecule has 4 rings (SSSR count). The van der Waals surface area contributed by atoms with Gasteiger partial charge in [-0.1, -0.05) is 41.6 Å². The molecule has 0 bridgehead atoms. The first-order valence-corrected chi connectivity index (χ1v) is 8.16. The van der Waals surface area contributed by atoms with Crippen LogP contribution in [0, 0.1) is 0 Å². The Kier molecular flexibility index (Phi) is 3.95. The quantitative estimate of drug-likeness (QED) is 0.456. The van der Waals surface area contributed by atoms with E-state index in [1.807, 2.05) is 55.6 Å². The summed E-state index contributed by atoms with van der Waals surface area (Å²) in [7, 11) is 1.86. The van der Waals surface area contributed by atoms with Gasteiger partial charge >= 0.3 is 0 Å². The van der Waals surface area contributed by atoms with Crippen molar-refractivity contribution in [3.63, 3.8) is 0 Å². The van der Waals surface area contributed by atoms with E-state index in [-0.39, 0.29) is 5.91 Å². The molecule has 2 aliphatic heterocycles. The van der Waals surface area contributed by atoms with Gasteiger partial charge in [-0.25, -0.2) is 0 Å². The molecule has 6 nitrogen and oxygen atoms in total. The Morgan fingerprint density at radius 2 is 1.68 bits per heavy atom. The van der Waals surface area contributed by atoms with E-state index in [2.05, 4.69) is 21.1 Å². The van der Waals surface area contributed by atoms with Crippen LogP contribution in [0.3, 0.4) is 0 Å². The largest absolute Gasteiger partial charge is 0.394 e. The number of nitrogens with one attached hydrogen (secondary N) is 3. The number of carbonyl (C=O) groups excluding carboxylic acids is 1. The van der Waals surface area contributed by atoms with Crippen LogP contribution in [0.1, 0.15) is 11.1 Å². The third-order valence-corrected chi connectivity index (χ3v) is 4.20. The van der Waals surface area contributed by atoms with E-state index in [9.17, 15) is 4.79 Å². The number of oxime groups is 1. The monoisotopic (exact) mass is 334 g/mol. The molecular formula is C19H18N4O2. The van der Waals surface area contributed by atoms with Crippen molar-refractivity contribution in [1.29, 1.82) is 0 Å². The Balaban J connectivity index is 1.82. The average Bonchev–Trinajstić information content (AvgIpc) is 3.15. The predicted molar refractivity (Wildman–Crippen MR) is 98.5 cm³/mol. The molecule has 0 fully saturated rings. The van der Waals surface area contributed by atoms with Crippen molar-refractivity contribution in [1.82, 2.24) is 5.32 Å². The first-order chi connectivity index (χ1) is 12.3. The van der Waals surface area contributed by atoms with E-state index in [4.69, 9.17) is 4.84 Å². The standard InChI is InChI=1S/C19H18N4O2/c1-20-10-11-25-23-17-13-7-3-5-9-15(13)21-18(17)16-12-6-2-4-8-14(12)22-19(16)24/h2-9,20-21H,10-11H2,1H3,(H,22,24)/b18-16-,23-17+. The molecule has 6 heteroatoms. The van der Waals surface area contributed by atoms with E-state index in [0.717, 1.165) is 22.5 Å². The molecule has 0 saturated heterocycles. The smallest absolute Gasteiger partial charge is 0.258 e. The minimum Gasteiger partial charge on any atom is -0.394 e. The van der Waals surface area contributed by atoms with E-state index < -0.39 is 0 Å². The molecule has 126 valence electrons. The maximum Gasteiger partial charge on any atom is 0.258 e. The molecule has 0 spiro atoms. The van der Waals surface area contributed by atoms with Crippen LogP contribution in [0.15, 0.2) is 59.4 Å². The topological polar surface area (TPSA) is 74.8 Å². The Morgan fingerprint density at radius 1 is 1.00 bits per heavy atom. The van der Waals surface area contributed by atoms with Crippen LogP contribution in [0.5, 0.6) is 0 Å². The zero-order valence-corrected chi connectivity index (χ0v) is 13.8. The van der Waals surface area contributed by atoms with Gasteiger partial charge in [0, 0.05) is 29.0 Å². The molecule has 3 N–H and O–H groups in total. The number of nitrogens with zero attached hydrogens (tertiary/aromatic N) is 1. The normalized spacial score (nSPS) is 19.4. The van der Waals surface area contributed by atoms with Gasteiger partial charge in [-0.05, 0) is 19.2 Å². The Bertz CT molecular complexity index is 902. The lowest BCUT2D eigenvalue weighted by atomic mass is 10.0. The van der Waals surface area contributed by atoms with Crippen LogP contribution in [-0.4, -0.2) is 31.8 Å². The highest BCUT2D eigenvalue weighted by molar-refractivity contribution is 6.39. The lowest BCUT2D eigenvalue weighted by Crippen LogP contribution is -2.15. The van der Waals surface area contributed by atoms with E-state index in [1.54, 1.807) is 0 Å². The minimum atomic E-state index is -0.139. The number of hydrogen-bond donors (Lipinski definition) is 3. The van der Waals surface area contributed by atoms with Crippen molar-refractivity contribution in [3.05, 3.63) is 65.4 Å². The van der Waals surface area contributed by atoms with Crippen molar-refractivity contribution < 1.29 is 9.63 Å². The third-order valence-electron chi connectivity index (χ3n) is 4.20. The first kappa shape index (κ1) is 15.4. The molecule has 0 atom stereocenters. The molecular weight excluding hydrogens is 316 g/mol. The van der Waals surface area contributed by atoms with Crippen molar-refractivity contribution in [2.45, 2.75) is 0 Å². The van der Waals surface area contributed by atoms with Crippen molar-refractivity contribution in [2.24, 2.45) is 5.16 Å². The number of hydrogen-bond acceptors (Lipinski definition) is 5. The van der Waals surface area contributed by atoms with Gasteiger partial charge in [0.15, 0.2) is 0 Å². The van der Waals surface area contributed by atoms with Gasteiger partial charge in [0.1, 0.15) is 12.3 Å². The Hall–Kier alpha value is -3.12. The van der Waals surface area contributed by atoms with Gasteiger partial charge in [0.25, 0.3) is 5.91 Å². The highest BCUT2D eigenvalue weighted by Gasteiger charge is 2.33. The summed E-state index contributed by atoms with van der Waals surface area (Å²) >= 11 is 0. The second-order valence-corrected chi connectivity index (χ2v) is 5.80. The number of benzene rings is 2. The number of allylic oxidation sites excluding steroid dienone is 1. The number of fused-ring (bicyclic) bond motifs is 2. The summed E-state index contributed by atoms with van der Waals surface area (Å²) in [5.41, 5.74) is 5.42. The second-order valence-electron chi connectivity index (χ2n) is 5.80. The highest BCUT2D eigenvalue weighted by atomic mass is 16.6. The van der Waals surface area contributed by atoms with E-state index in [0.29, 0.717) is 30.1 Å². The second kappa shape index (κ2) is 6.41. The molecule has 2 heterocycles. The van der Waals surface area contributed by atoms with Crippen LogP contribution in [0.2, 0.25) is 0 Å². The number of para-hydroxylation sites is 2. The molecule has 2 aromatic rings. The Morgan fingerprint density at radius 3 is 2.44 bits per heavy atom. The van der Waals surface area contributed by atoms with Crippen LogP contribution >= 0.6 is 0 Å². The lowest BCUT2D eigenvalue weighted by Gasteiger charge is -2.06. The molecule has 2 aromatic carbocycles. The zero-order chi connectivity index (χ0) is 17.2. The summed E-state index contributed by atoms with van der Waals surface area (Å²) in [6.07, 6.45) is 0. The van der Waals surface area contributed by atoms with Crippen LogP contribution in [-0.2, 0) is 9.63 Å². The van der Waals surface area contributed by atoms with Crippen LogP contribution < -0.4 is 16.0 Å². The molecule has 0 radical (unpaired) electrons. The fourth-order valence-corrected chi connectivity index (χ4v) is 3.03. The van der Waals surface area contributed by atoms with Crippen LogP contribution in [0.25, 0.3) is 5.57 Å². The van der Waals surface area contributed by atoms with Crippen LogP contribution in [0.4, 0.5) is 11.4 Å². The number of rotatable bonds is 4. The molecule has 1 amide bonds. The van der Waals surface area contributed by atoms with Gasteiger partial charge in [-0.2, -0.15) is 0 Å². The predicted octanol–water partition coefficient (Wildman–Crippen LogP) is 2.42. The molecule has 0 saturated carbocycles. The third kappa shape index (κ3) is 2.66. The SMILES string of the molecule is CNCCO/N=C1/C(=C2/C(=O)Nc3ccccc32)Nc2ccccc21. The van der Waals surface area contributed by atoms with Crippen molar-refractivity contribution >= 4 is 28.6 Å². The molecule has 0 aliphatic carbocycles. The zero-order valence-electron chi connectivity index (χ0n) is 13.8. The van der Waals surface area contributed by atoms with Gasteiger partial charge in [0.05, 0.1) is 11.3 Å². The molecule has 0 aromatic heterocycles. The molecule has 2 aliphatic rings. The Labute approximate surface area is 145 Å². The lowest BCUT2D eigenvalue weighted by molar-refractivity contribution is -0.110. The number of anilines is 2. The summed E-state index contributed by atoms with van der Waals surface area (Å²) in [6, 6.07) is 15.5. The number of carbonyl (C=O) groups is 1.